The number of aromatic nitrogens is 2. The van der Waals surface area contributed by atoms with E-state index in [1.165, 1.54) is 27.2 Å². The Balaban J connectivity index is 3.11. The SMILES string of the molecule is COc1cc(C(C)C(=O)O)nc(OC)n1. The van der Waals surface area contributed by atoms with Crippen LogP contribution < -0.4 is 9.47 Å². The molecule has 0 fully saturated rings. The maximum Gasteiger partial charge on any atom is 0.319 e. The number of methoxy groups -OCH3 is 2. The van der Waals surface area contributed by atoms with Gasteiger partial charge >= 0.3 is 12.0 Å². The summed E-state index contributed by atoms with van der Waals surface area (Å²) in [4.78, 5) is 18.5. The van der Waals surface area contributed by atoms with E-state index >= 15 is 0 Å². The maximum atomic E-state index is 10.8. The molecule has 0 aliphatic carbocycles. The van der Waals surface area contributed by atoms with Gasteiger partial charge in [0.15, 0.2) is 0 Å². The Hall–Kier alpha value is -1.85. The molecule has 0 saturated carbocycles. The second-order valence-electron chi connectivity index (χ2n) is 2.88. The molecule has 0 aliphatic rings. The smallest absolute Gasteiger partial charge is 0.319 e. The van der Waals surface area contributed by atoms with E-state index in [0.29, 0.717) is 5.69 Å². The van der Waals surface area contributed by atoms with Gasteiger partial charge in [-0.05, 0) is 6.92 Å². The zero-order chi connectivity index (χ0) is 11.4. The number of carboxylic acids is 1. The lowest BCUT2D eigenvalue weighted by atomic mass is 10.1. The Morgan fingerprint density at radius 1 is 1.40 bits per heavy atom. The van der Waals surface area contributed by atoms with Crippen molar-refractivity contribution in [1.29, 1.82) is 0 Å². The topological polar surface area (TPSA) is 81.5 Å². The van der Waals surface area contributed by atoms with E-state index in [-0.39, 0.29) is 11.9 Å². The van der Waals surface area contributed by atoms with Crippen LogP contribution in [0.2, 0.25) is 0 Å². The summed E-state index contributed by atoms with van der Waals surface area (Å²) in [5.74, 6) is -1.40. The van der Waals surface area contributed by atoms with E-state index in [4.69, 9.17) is 14.6 Å². The largest absolute Gasteiger partial charge is 0.481 e. The highest BCUT2D eigenvalue weighted by molar-refractivity contribution is 5.74. The minimum Gasteiger partial charge on any atom is -0.481 e. The summed E-state index contributed by atoms with van der Waals surface area (Å²) < 4.78 is 9.74. The van der Waals surface area contributed by atoms with Crippen LogP contribution in [0.4, 0.5) is 0 Å². The number of aliphatic carboxylic acids is 1. The van der Waals surface area contributed by atoms with Gasteiger partial charge in [-0.1, -0.05) is 0 Å². The number of ether oxygens (including phenoxy) is 2. The van der Waals surface area contributed by atoms with Gasteiger partial charge in [0, 0.05) is 6.07 Å². The first-order chi connectivity index (χ1) is 7.08. The van der Waals surface area contributed by atoms with Gasteiger partial charge in [-0.2, -0.15) is 9.97 Å². The van der Waals surface area contributed by atoms with Crippen molar-refractivity contribution in [2.75, 3.05) is 14.2 Å². The van der Waals surface area contributed by atoms with Gasteiger partial charge in [0.2, 0.25) is 5.88 Å². The molecule has 0 bridgehead atoms. The van der Waals surface area contributed by atoms with Crippen LogP contribution in [0.3, 0.4) is 0 Å². The lowest BCUT2D eigenvalue weighted by molar-refractivity contribution is -0.138. The van der Waals surface area contributed by atoms with E-state index < -0.39 is 11.9 Å². The molecule has 0 amide bonds. The van der Waals surface area contributed by atoms with E-state index in [0.717, 1.165) is 0 Å². The monoisotopic (exact) mass is 212 g/mol. The summed E-state index contributed by atoms with van der Waals surface area (Å²) in [5, 5.41) is 8.82. The molecule has 1 heterocycles. The fourth-order valence-electron chi connectivity index (χ4n) is 0.965. The molecule has 1 rings (SSSR count). The van der Waals surface area contributed by atoms with E-state index in [1.54, 1.807) is 0 Å². The molecule has 1 atom stereocenters. The Labute approximate surface area is 86.9 Å². The summed E-state index contributed by atoms with van der Waals surface area (Å²) in [6.07, 6.45) is 0. The van der Waals surface area contributed by atoms with Gasteiger partial charge in [0.25, 0.3) is 0 Å². The third-order valence-electron chi connectivity index (χ3n) is 1.91. The molecule has 1 unspecified atom stereocenters. The molecule has 0 aliphatic heterocycles. The summed E-state index contributed by atoms with van der Waals surface area (Å²) in [6, 6.07) is 1.57. The quantitative estimate of drug-likeness (QED) is 0.790. The summed E-state index contributed by atoms with van der Waals surface area (Å²) in [7, 11) is 2.85. The minimum atomic E-state index is -0.960. The van der Waals surface area contributed by atoms with Crippen LogP contribution in [0, 0.1) is 0 Å². The molecule has 6 heteroatoms. The maximum absolute atomic E-state index is 10.8. The van der Waals surface area contributed by atoms with E-state index in [2.05, 4.69) is 9.97 Å². The van der Waals surface area contributed by atoms with Gasteiger partial charge in [0.1, 0.15) is 0 Å². The van der Waals surface area contributed by atoms with Crippen LogP contribution in [0.25, 0.3) is 0 Å². The molecule has 0 radical (unpaired) electrons. The highest BCUT2D eigenvalue weighted by atomic mass is 16.5. The molecule has 1 N–H and O–H groups in total. The lowest BCUT2D eigenvalue weighted by Gasteiger charge is -2.08. The molecule has 82 valence electrons. The molecular weight excluding hydrogens is 200 g/mol. The number of carboxylic acid groups (broad SMARTS) is 1. The van der Waals surface area contributed by atoms with Gasteiger partial charge in [0.05, 0.1) is 25.8 Å². The first kappa shape index (κ1) is 11.2. The first-order valence-electron chi connectivity index (χ1n) is 4.28. The standard InChI is InChI=1S/C9H12N2O4/c1-5(8(12)13)6-4-7(14-2)11-9(10-6)15-3/h4-5H,1-3H3,(H,12,13). The number of carbonyl (C=O) groups is 1. The summed E-state index contributed by atoms with van der Waals surface area (Å²) in [5.41, 5.74) is 0.353. The van der Waals surface area contributed by atoms with Crippen molar-refractivity contribution < 1.29 is 19.4 Å². The van der Waals surface area contributed by atoms with Gasteiger partial charge in [-0.25, -0.2) is 0 Å². The van der Waals surface area contributed by atoms with E-state index in [1.807, 2.05) is 0 Å². The Bertz CT molecular complexity index is 345. The third kappa shape index (κ3) is 2.55. The van der Waals surface area contributed by atoms with Crippen LogP contribution in [0.15, 0.2) is 6.07 Å². The zero-order valence-electron chi connectivity index (χ0n) is 8.72. The van der Waals surface area contributed by atoms with Crippen LogP contribution in [0.5, 0.6) is 11.9 Å². The van der Waals surface area contributed by atoms with Crippen LogP contribution in [-0.4, -0.2) is 35.3 Å². The number of nitrogens with zero attached hydrogens (tertiary/aromatic N) is 2. The number of hydrogen-bond acceptors (Lipinski definition) is 5. The fraction of sp³-hybridized carbons (Fsp3) is 0.444. The molecule has 1 aromatic rings. The third-order valence-corrected chi connectivity index (χ3v) is 1.91. The predicted molar refractivity (Wildman–Crippen MR) is 51.2 cm³/mol. The molecule has 0 saturated heterocycles. The van der Waals surface area contributed by atoms with Crippen LogP contribution >= 0.6 is 0 Å². The molecule has 1 aromatic heterocycles. The van der Waals surface area contributed by atoms with Crippen LogP contribution in [-0.2, 0) is 4.79 Å². The van der Waals surface area contributed by atoms with Crippen molar-refractivity contribution in [2.24, 2.45) is 0 Å². The second kappa shape index (κ2) is 4.59. The second-order valence-corrected chi connectivity index (χ2v) is 2.88. The summed E-state index contributed by atoms with van der Waals surface area (Å²) >= 11 is 0. The molecule has 15 heavy (non-hydrogen) atoms. The normalized spacial score (nSPS) is 11.9. The van der Waals surface area contributed by atoms with Crippen molar-refractivity contribution in [3.63, 3.8) is 0 Å². The highest BCUT2D eigenvalue weighted by Gasteiger charge is 2.18. The van der Waals surface area contributed by atoms with Gasteiger partial charge in [-0.15, -0.1) is 0 Å². The first-order valence-corrected chi connectivity index (χ1v) is 4.28. The van der Waals surface area contributed by atoms with Crippen LogP contribution in [0.1, 0.15) is 18.5 Å². The van der Waals surface area contributed by atoms with Gasteiger partial charge in [-0.3, -0.25) is 4.79 Å². The van der Waals surface area contributed by atoms with Crippen molar-refractivity contribution in [2.45, 2.75) is 12.8 Å². The van der Waals surface area contributed by atoms with Crippen molar-refractivity contribution in [3.8, 4) is 11.9 Å². The molecule has 6 nitrogen and oxygen atoms in total. The number of hydrogen-bond donors (Lipinski definition) is 1. The minimum absolute atomic E-state index is 0.0949. The Morgan fingerprint density at radius 2 is 2.07 bits per heavy atom. The molecule has 0 spiro atoms. The fourth-order valence-corrected chi connectivity index (χ4v) is 0.965. The highest BCUT2D eigenvalue weighted by Crippen LogP contribution is 2.20. The van der Waals surface area contributed by atoms with Gasteiger partial charge < -0.3 is 14.6 Å². The summed E-state index contributed by atoms with van der Waals surface area (Å²) in [6.45, 7) is 1.53. The average molecular weight is 212 g/mol. The molecule has 0 aromatic carbocycles. The Morgan fingerprint density at radius 3 is 2.53 bits per heavy atom. The van der Waals surface area contributed by atoms with E-state index in [9.17, 15) is 4.79 Å². The average Bonchev–Trinajstić information content (AvgIpc) is 2.27. The predicted octanol–water partition coefficient (Wildman–Crippen LogP) is 0.682. The molecular formula is C9H12N2O4. The zero-order valence-corrected chi connectivity index (χ0v) is 8.72. The number of rotatable bonds is 4. The Kier molecular flexibility index (Phi) is 3.43. The van der Waals surface area contributed by atoms with Crippen molar-refractivity contribution in [1.82, 2.24) is 9.97 Å². The lowest BCUT2D eigenvalue weighted by Crippen LogP contribution is -2.10. The van der Waals surface area contributed by atoms with Crippen molar-refractivity contribution in [3.05, 3.63) is 11.8 Å². The van der Waals surface area contributed by atoms with Crippen molar-refractivity contribution >= 4 is 5.97 Å².